The molecule has 8 atom stereocenters. The Morgan fingerprint density at radius 1 is 1.03 bits per heavy atom. The standard InChI is InChI=1S/C48H65N5O9S/c1-28(2)33-17-13-29(3)23-39(33)61-45(57)50-36-12-10-8-6-7-9-11-31-25-48(31,44(56)52-63(58,59)46(4)21-22-46)51-42(54)38-26-47(27-53(38)43(36)55)20-19-35-34-18-16-32(60-5)24-37(34)49-40(30-14-15-30)41(35)62-47/h9,11,16,18,24,28-31,33,36,38-39H,6-8,10,12-15,17,19-23,25-27H2,1-5H3,(H,50,57)(H,51,54)(H,52,56)/b11-9-/t29-,31-,33+,36+,38+,39-,47-,48-/m1/s1. The van der Waals surface area contributed by atoms with Gasteiger partial charge in [0, 0.05) is 35.3 Å². The van der Waals surface area contributed by atoms with Gasteiger partial charge in [-0.3, -0.25) is 19.1 Å². The Morgan fingerprint density at radius 2 is 1.83 bits per heavy atom. The van der Waals surface area contributed by atoms with Crippen LogP contribution in [0, 0.1) is 23.7 Å². The number of hydrogen-bond donors (Lipinski definition) is 3. The van der Waals surface area contributed by atoms with Crippen molar-refractivity contribution in [3.63, 3.8) is 0 Å². The molecule has 15 heteroatoms. The van der Waals surface area contributed by atoms with E-state index in [0.717, 1.165) is 67.1 Å². The quantitative estimate of drug-likeness (QED) is 0.240. The predicted octanol–water partition coefficient (Wildman–Crippen LogP) is 6.73. The molecule has 1 aromatic heterocycles. The summed E-state index contributed by atoms with van der Waals surface area (Å²) in [6.07, 6.45) is 13.5. The summed E-state index contributed by atoms with van der Waals surface area (Å²) >= 11 is 0. The second kappa shape index (κ2) is 16.5. The maximum atomic E-state index is 15.2. The maximum absolute atomic E-state index is 15.2. The third-order valence-corrected chi connectivity index (χ3v) is 17.7. The highest BCUT2D eigenvalue weighted by atomic mass is 32.2. The fraction of sp³-hybridized carbons (Fsp3) is 0.688. The van der Waals surface area contributed by atoms with Crippen LogP contribution in [0.3, 0.4) is 0 Å². The van der Waals surface area contributed by atoms with Crippen LogP contribution >= 0.6 is 0 Å². The van der Waals surface area contributed by atoms with Crippen molar-refractivity contribution in [3.8, 4) is 11.5 Å². The first kappa shape index (κ1) is 43.8. The van der Waals surface area contributed by atoms with Gasteiger partial charge in [0.1, 0.15) is 40.8 Å². The highest BCUT2D eigenvalue weighted by Gasteiger charge is 2.64. The van der Waals surface area contributed by atoms with Gasteiger partial charge >= 0.3 is 6.09 Å². The number of hydrogen-bond acceptors (Lipinski definition) is 10. The van der Waals surface area contributed by atoms with Crippen LogP contribution in [-0.2, 0) is 35.6 Å². The minimum absolute atomic E-state index is 0.0756. The van der Waals surface area contributed by atoms with E-state index < -0.39 is 67.7 Å². The number of pyridine rings is 1. The number of aryl methyl sites for hydroxylation is 1. The van der Waals surface area contributed by atoms with Gasteiger partial charge in [0.2, 0.25) is 21.8 Å². The Balaban J connectivity index is 1.05. The number of benzene rings is 1. The van der Waals surface area contributed by atoms with E-state index in [1.807, 2.05) is 30.4 Å². The molecule has 9 rings (SSSR count). The van der Waals surface area contributed by atoms with Crippen LogP contribution in [0.4, 0.5) is 4.79 Å². The van der Waals surface area contributed by atoms with Crippen LogP contribution in [0.2, 0.25) is 0 Å². The van der Waals surface area contributed by atoms with Crippen LogP contribution < -0.4 is 24.8 Å². The Bertz CT molecular complexity index is 2310. The Hall–Kier alpha value is -4.40. The number of methoxy groups -OCH3 is 1. The molecule has 0 radical (unpaired) electrons. The zero-order valence-corrected chi connectivity index (χ0v) is 38.3. The first-order valence-electron chi connectivity index (χ1n) is 23.6. The van der Waals surface area contributed by atoms with Gasteiger partial charge in [-0.15, -0.1) is 0 Å². The summed E-state index contributed by atoms with van der Waals surface area (Å²) in [6, 6.07) is 3.81. The molecule has 3 aliphatic heterocycles. The predicted molar refractivity (Wildman–Crippen MR) is 237 cm³/mol. The lowest BCUT2D eigenvalue weighted by molar-refractivity contribution is -0.141. The maximum Gasteiger partial charge on any atom is 0.408 e. The van der Waals surface area contributed by atoms with Crippen molar-refractivity contribution in [2.75, 3.05) is 13.7 Å². The Labute approximate surface area is 371 Å². The fourth-order valence-corrected chi connectivity index (χ4v) is 12.2. The number of rotatable bonds is 8. The zero-order valence-electron chi connectivity index (χ0n) is 37.5. The van der Waals surface area contributed by atoms with Gasteiger partial charge in [0.25, 0.3) is 5.91 Å². The fourth-order valence-electron chi connectivity index (χ4n) is 10.9. The van der Waals surface area contributed by atoms with E-state index in [9.17, 15) is 22.8 Å². The molecule has 63 heavy (non-hydrogen) atoms. The van der Waals surface area contributed by atoms with E-state index in [4.69, 9.17) is 19.2 Å². The summed E-state index contributed by atoms with van der Waals surface area (Å²) in [5.41, 5.74) is 0.268. The molecular formula is C48H65N5O9S. The molecule has 0 unspecified atom stereocenters. The van der Waals surface area contributed by atoms with Crippen molar-refractivity contribution in [1.82, 2.24) is 25.2 Å². The molecule has 342 valence electrons. The number of sulfonamides is 1. The third-order valence-electron chi connectivity index (χ3n) is 15.5. The molecule has 4 heterocycles. The van der Waals surface area contributed by atoms with E-state index in [2.05, 4.69) is 36.1 Å². The number of fused-ring (bicyclic) bond motifs is 5. The second-order valence-corrected chi connectivity index (χ2v) is 22.8. The van der Waals surface area contributed by atoms with Gasteiger partial charge in [-0.05, 0) is 114 Å². The summed E-state index contributed by atoms with van der Waals surface area (Å²) in [4.78, 5) is 64.8. The first-order chi connectivity index (χ1) is 30.0. The summed E-state index contributed by atoms with van der Waals surface area (Å²) in [6.45, 7) is 8.18. The average molecular weight is 888 g/mol. The average Bonchev–Trinajstić information content (AvgIpc) is 4.18. The molecule has 4 amide bonds. The number of alkyl carbamates (subject to hydrolysis) is 1. The number of carbonyl (C=O) groups is 4. The van der Waals surface area contributed by atoms with Crippen molar-refractivity contribution < 1.29 is 41.8 Å². The van der Waals surface area contributed by atoms with Gasteiger partial charge < -0.3 is 29.7 Å². The minimum atomic E-state index is -4.00. The monoisotopic (exact) mass is 887 g/mol. The van der Waals surface area contributed by atoms with E-state index in [-0.39, 0.29) is 37.3 Å². The van der Waals surface area contributed by atoms with E-state index in [1.54, 1.807) is 18.9 Å². The minimum Gasteiger partial charge on any atom is -0.497 e. The third kappa shape index (κ3) is 8.52. The number of ether oxygens (including phenoxy) is 3. The second-order valence-electron chi connectivity index (χ2n) is 20.6. The van der Waals surface area contributed by atoms with Crippen molar-refractivity contribution in [2.45, 2.75) is 170 Å². The molecule has 4 saturated carbocycles. The number of nitrogens with zero attached hydrogens (tertiary/aromatic N) is 2. The summed E-state index contributed by atoms with van der Waals surface area (Å²) in [5.74, 6) is 0.453. The van der Waals surface area contributed by atoms with E-state index >= 15 is 4.79 Å². The number of aromatic nitrogens is 1. The molecule has 4 aliphatic carbocycles. The number of amides is 4. The van der Waals surface area contributed by atoms with Crippen LogP contribution in [-0.4, -0.2) is 89.8 Å². The van der Waals surface area contributed by atoms with Crippen molar-refractivity contribution in [2.24, 2.45) is 23.7 Å². The molecular weight excluding hydrogens is 823 g/mol. The van der Waals surface area contributed by atoms with Gasteiger partial charge in [-0.1, -0.05) is 52.2 Å². The molecule has 2 aromatic rings. The molecule has 14 nitrogen and oxygen atoms in total. The van der Waals surface area contributed by atoms with Crippen LogP contribution in [0.1, 0.15) is 141 Å². The van der Waals surface area contributed by atoms with Gasteiger partial charge in [0.15, 0.2) is 0 Å². The number of allylic oxidation sites excluding steroid dienone is 1. The highest BCUT2D eigenvalue weighted by molar-refractivity contribution is 7.91. The van der Waals surface area contributed by atoms with Gasteiger partial charge in [0.05, 0.1) is 29.6 Å². The molecule has 1 aromatic carbocycles. The molecule has 0 bridgehead atoms. The lowest BCUT2D eigenvalue weighted by atomic mass is 9.75. The van der Waals surface area contributed by atoms with Gasteiger partial charge in [-0.2, -0.15) is 0 Å². The van der Waals surface area contributed by atoms with Crippen molar-refractivity contribution in [1.29, 1.82) is 0 Å². The van der Waals surface area contributed by atoms with Crippen LogP contribution in [0.5, 0.6) is 11.5 Å². The highest BCUT2D eigenvalue weighted by Crippen LogP contribution is 2.52. The Morgan fingerprint density at radius 3 is 2.56 bits per heavy atom. The lowest BCUT2D eigenvalue weighted by Crippen LogP contribution is -2.58. The molecule has 7 aliphatic rings. The topological polar surface area (TPSA) is 182 Å². The number of nitrogens with one attached hydrogen (secondary N) is 3. The van der Waals surface area contributed by atoms with E-state index in [0.29, 0.717) is 68.3 Å². The molecule has 3 N–H and O–H groups in total. The summed E-state index contributed by atoms with van der Waals surface area (Å²) in [7, 11) is -2.36. The first-order valence-corrected chi connectivity index (χ1v) is 25.1. The Kier molecular flexibility index (Phi) is 11.5. The lowest BCUT2D eigenvalue weighted by Gasteiger charge is -2.37. The van der Waals surface area contributed by atoms with Crippen molar-refractivity contribution >= 4 is 44.7 Å². The largest absolute Gasteiger partial charge is 0.497 e. The normalized spacial score (nSPS) is 33.4. The molecule has 1 saturated heterocycles. The smallest absolute Gasteiger partial charge is 0.408 e. The van der Waals surface area contributed by atoms with Gasteiger partial charge in [-0.25, -0.2) is 18.2 Å². The molecule has 1 spiro atoms. The number of carbonyl (C=O) groups excluding carboxylic acids is 4. The van der Waals surface area contributed by atoms with Crippen LogP contribution in [0.25, 0.3) is 10.9 Å². The van der Waals surface area contributed by atoms with Crippen LogP contribution in [0.15, 0.2) is 30.4 Å². The molecule has 5 fully saturated rings. The van der Waals surface area contributed by atoms with E-state index in [1.165, 1.54) is 0 Å². The SMILES string of the molecule is COc1ccc2c3c(c(C4CC4)nc2c1)O[C@]1(CC3)C[C@H]2C(=O)N[C@]3(C(=O)NS(=O)(=O)C4(C)CC4)C[C@H]3/C=C\CCCCC[C@H](NC(=O)O[C@@H]3C[C@H](C)CC[C@H]3C(C)C)C(=O)N2C1. The summed E-state index contributed by atoms with van der Waals surface area (Å²) in [5, 5.41) is 6.96. The zero-order chi connectivity index (χ0) is 44.5. The summed E-state index contributed by atoms with van der Waals surface area (Å²) < 4.78 is 46.9. The van der Waals surface area contributed by atoms with Crippen molar-refractivity contribution in [3.05, 3.63) is 41.6 Å².